The van der Waals surface area contributed by atoms with Gasteiger partial charge in [0.2, 0.25) is 11.8 Å². The third kappa shape index (κ3) is 4.42. The molecule has 2 fully saturated rings. The summed E-state index contributed by atoms with van der Waals surface area (Å²) in [7, 11) is 0. The van der Waals surface area contributed by atoms with Crippen LogP contribution in [0.15, 0.2) is 35.3 Å². The SMILES string of the molecule is O=C(c1nc2c(C(F)(F)F)cc(-c3ccoc3)cn2c1Cl)N1CCN(C2CCC(F)(F)CC2)C(=O)C1. The lowest BCUT2D eigenvalue weighted by Gasteiger charge is -2.41. The van der Waals surface area contributed by atoms with Gasteiger partial charge in [-0.15, -0.1) is 0 Å². The molecule has 1 aliphatic carbocycles. The standard InChI is InChI=1S/C23H20ClF5N4O3/c24-19-18(21(35)31-6-7-32(17(34)11-31)15-1-4-22(25,26)5-2-15)30-20-16(23(27,28)29)9-14(10-33(19)20)13-3-8-36-12-13/h3,8-10,12,15H,1-2,4-7,11H2. The number of carbonyl (C=O) groups excluding carboxylic acids is 2. The molecule has 0 bridgehead atoms. The second-order valence-corrected chi connectivity index (χ2v) is 9.36. The second kappa shape index (κ2) is 8.75. The van der Waals surface area contributed by atoms with Gasteiger partial charge in [-0.3, -0.25) is 14.0 Å². The van der Waals surface area contributed by atoms with Crippen molar-refractivity contribution < 1.29 is 36.0 Å². The Bertz CT molecular complexity index is 1310. The predicted octanol–water partition coefficient (Wildman–Crippen LogP) is 5.13. The molecule has 5 rings (SSSR count). The van der Waals surface area contributed by atoms with Crippen LogP contribution in [0.4, 0.5) is 22.0 Å². The summed E-state index contributed by atoms with van der Waals surface area (Å²) in [6.45, 7) is -0.138. The maximum Gasteiger partial charge on any atom is 0.420 e. The number of furan rings is 1. The molecule has 2 amide bonds. The number of hydrogen-bond acceptors (Lipinski definition) is 4. The van der Waals surface area contributed by atoms with Gasteiger partial charge in [0.15, 0.2) is 11.3 Å². The second-order valence-electron chi connectivity index (χ2n) is 9.00. The van der Waals surface area contributed by atoms with Gasteiger partial charge >= 0.3 is 6.18 Å². The first-order valence-corrected chi connectivity index (χ1v) is 11.6. The van der Waals surface area contributed by atoms with Gasteiger partial charge < -0.3 is 14.2 Å². The molecule has 1 saturated heterocycles. The smallest absolute Gasteiger partial charge is 0.420 e. The molecule has 0 unspecified atom stereocenters. The molecule has 2 aliphatic rings. The Morgan fingerprint density at radius 3 is 2.50 bits per heavy atom. The third-order valence-corrected chi connectivity index (χ3v) is 7.06. The molecule has 0 radical (unpaired) electrons. The summed E-state index contributed by atoms with van der Waals surface area (Å²) in [5, 5.41) is -0.324. The lowest BCUT2D eigenvalue weighted by atomic mass is 9.90. The summed E-state index contributed by atoms with van der Waals surface area (Å²) < 4.78 is 74.4. The molecule has 0 aromatic carbocycles. The van der Waals surface area contributed by atoms with E-state index < -0.39 is 40.8 Å². The first-order valence-electron chi connectivity index (χ1n) is 11.2. The van der Waals surface area contributed by atoms with E-state index in [0.29, 0.717) is 5.56 Å². The summed E-state index contributed by atoms with van der Waals surface area (Å²) in [6, 6.07) is 2.05. The van der Waals surface area contributed by atoms with Gasteiger partial charge in [-0.05, 0) is 25.0 Å². The lowest BCUT2D eigenvalue weighted by molar-refractivity contribution is -0.141. The minimum absolute atomic E-state index is 0.0774. The van der Waals surface area contributed by atoms with Crippen LogP contribution in [0, 0.1) is 0 Å². The number of halogens is 6. The highest BCUT2D eigenvalue weighted by Gasteiger charge is 2.41. The fourth-order valence-electron chi connectivity index (χ4n) is 4.78. The average Bonchev–Trinajstić information content (AvgIpc) is 3.46. The highest BCUT2D eigenvalue weighted by atomic mass is 35.5. The number of aromatic nitrogens is 2. The Balaban J connectivity index is 1.41. The van der Waals surface area contributed by atoms with Crippen LogP contribution in [0.5, 0.6) is 0 Å². The van der Waals surface area contributed by atoms with E-state index in [2.05, 4.69) is 4.98 Å². The number of fused-ring (bicyclic) bond motifs is 1. The number of alkyl halides is 5. The van der Waals surface area contributed by atoms with E-state index in [0.717, 1.165) is 15.4 Å². The first kappa shape index (κ1) is 24.5. The molecule has 1 aliphatic heterocycles. The van der Waals surface area contributed by atoms with Crippen LogP contribution < -0.4 is 0 Å². The number of rotatable bonds is 3. The third-order valence-electron chi connectivity index (χ3n) is 6.70. The average molecular weight is 531 g/mol. The zero-order valence-electron chi connectivity index (χ0n) is 18.7. The molecule has 3 aromatic rings. The van der Waals surface area contributed by atoms with E-state index in [1.165, 1.54) is 29.7 Å². The molecule has 192 valence electrons. The van der Waals surface area contributed by atoms with Gasteiger partial charge in [0.25, 0.3) is 5.91 Å². The van der Waals surface area contributed by atoms with Crippen molar-refractivity contribution in [2.45, 2.75) is 43.8 Å². The summed E-state index contributed by atoms with van der Waals surface area (Å²) in [6.07, 6.45) is -1.14. The van der Waals surface area contributed by atoms with Crippen LogP contribution in [0.2, 0.25) is 5.15 Å². The quantitative estimate of drug-likeness (QED) is 0.440. The van der Waals surface area contributed by atoms with Gasteiger partial charge in [-0.1, -0.05) is 11.6 Å². The summed E-state index contributed by atoms with van der Waals surface area (Å²) in [4.78, 5) is 32.5. The number of carbonyl (C=O) groups is 2. The van der Waals surface area contributed by atoms with Crippen LogP contribution in [0.25, 0.3) is 16.8 Å². The van der Waals surface area contributed by atoms with Gasteiger partial charge in [0, 0.05) is 49.3 Å². The Kier molecular flexibility index (Phi) is 5.97. The number of amides is 2. The van der Waals surface area contributed by atoms with Crippen LogP contribution in [0.3, 0.4) is 0 Å². The molecule has 0 atom stereocenters. The number of imidazole rings is 1. The molecular formula is C23H20ClF5N4O3. The van der Waals surface area contributed by atoms with Crippen molar-refractivity contribution in [2.24, 2.45) is 0 Å². The number of hydrogen-bond donors (Lipinski definition) is 0. The number of pyridine rings is 1. The highest BCUT2D eigenvalue weighted by Crippen LogP contribution is 2.38. The van der Waals surface area contributed by atoms with Crippen LogP contribution in [-0.4, -0.2) is 62.6 Å². The number of piperazine rings is 1. The fraction of sp³-hybridized carbons (Fsp3) is 0.435. The fourth-order valence-corrected chi connectivity index (χ4v) is 5.03. The van der Waals surface area contributed by atoms with Crippen molar-refractivity contribution in [2.75, 3.05) is 19.6 Å². The van der Waals surface area contributed by atoms with Crippen LogP contribution in [0.1, 0.15) is 41.7 Å². The highest BCUT2D eigenvalue weighted by molar-refractivity contribution is 6.33. The van der Waals surface area contributed by atoms with E-state index in [4.69, 9.17) is 16.0 Å². The van der Waals surface area contributed by atoms with E-state index in [1.54, 1.807) is 0 Å². The molecule has 0 spiro atoms. The minimum Gasteiger partial charge on any atom is -0.472 e. The van der Waals surface area contributed by atoms with Crippen molar-refractivity contribution in [1.82, 2.24) is 19.2 Å². The van der Waals surface area contributed by atoms with Crippen LogP contribution >= 0.6 is 11.6 Å². The largest absolute Gasteiger partial charge is 0.472 e. The Morgan fingerprint density at radius 2 is 1.89 bits per heavy atom. The zero-order valence-corrected chi connectivity index (χ0v) is 19.5. The molecule has 0 N–H and O–H groups in total. The van der Waals surface area contributed by atoms with Crippen LogP contribution in [-0.2, 0) is 11.0 Å². The van der Waals surface area contributed by atoms with Crippen molar-refractivity contribution >= 4 is 29.1 Å². The van der Waals surface area contributed by atoms with E-state index in [-0.39, 0.29) is 62.1 Å². The van der Waals surface area contributed by atoms with Gasteiger partial charge in [0.05, 0.1) is 18.1 Å². The van der Waals surface area contributed by atoms with Gasteiger partial charge in [-0.2, -0.15) is 13.2 Å². The van der Waals surface area contributed by atoms with Gasteiger partial charge in [0.1, 0.15) is 11.7 Å². The minimum atomic E-state index is -4.78. The van der Waals surface area contributed by atoms with Gasteiger partial charge in [-0.25, -0.2) is 13.8 Å². The van der Waals surface area contributed by atoms with Crippen molar-refractivity contribution in [1.29, 1.82) is 0 Å². The van der Waals surface area contributed by atoms with Crippen molar-refractivity contribution in [3.05, 3.63) is 47.3 Å². The predicted molar refractivity (Wildman–Crippen MR) is 118 cm³/mol. The molecule has 13 heteroatoms. The number of nitrogens with zero attached hydrogens (tertiary/aromatic N) is 4. The molecule has 3 aromatic heterocycles. The maximum atomic E-state index is 13.8. The monoisotopic (exact) mass is 530 g/mol. The molecule has 36 heavy (non-hydrogen) atoms. The molecular weight excluding hydrogens is 511 g/mol. The summed E-state index contributed by atoms with van der Waals surface area (Å²) in [5.41, 5.74) is -1.51. The Morgan fingerprint density at radius 1 is 1.17 bits per heavy atom. The molecule has 7 nitrogen and oxygen atoms in total. The first-order chi connectivity index (χ1) is 16.9. The van der Waals surface area contributed by atoms with Crippen molar-refractivity contribution in [3.8, 4) is 11.1 Å². The maximum absolute atomic E-state index is 13.8. The van der Waals surface area contributed by atoms with E-state index >= 15 is 0 Å². The summed E-state index contributed by atoms with van der Waals surface area (Å²) in [5.74, 6) is -3.93. The van der Waals surface area contributed by atoms with Crippen molar-refractivity contribution in [3.63, 3.8) is 0 Å². The zero-order chi connectivity index (χ0) is 25.8. The lowest BCUT2D eigenvalue weighted by Crippen LogP contribution is -2.56. The summed E-state index contributed by atoms with van der Waals surface area (Å²) >= 11 is 6.34. The molecule has 1 saturated carbocycles. The van der Waals surface area contributed by atoms with E-state index in [9.17, 15) is 31.5 Å². The topological polar surface area (TPSA) is 71.1 Å². The normalized spacial score (nSPS) is 19.3. The van der Waals surface area contributed by atoms with E-state index in [1.807, 2.05) is 0 Å². The Hall–Kier alpha value is -3.15. The molecule has 4 heterocycles. The Labute approximate surface area is 206 Å².